The minimum Gasteiger partial charge on any atom is -0.493 e. The van der Waals surface area contributed by atoms with E-state index in [0.29, 0.717) is 24.0 Å². The number of ether oxygens (including phenoxy) is 2. The van der Waals surface area contributed by atoms with E-state index in [2.05, 4.69) is 0 Å². The lowest BCUT2D eigenvalue weighted by atomic mass is 10.2. The first-order chi connectivity index (χ1) is 8.69. The Morgan fingerprint density at radius 3 is 2.61 bits per heavy atom. The Balaban J connectivity index is 2.60. The Morgan fingerprint density at radius 1 is 1.22 bits per heavy atom. The van der Waals surface area contributed by atoms with Crippen molar-refractivity contribution in [2.45, 2.75) is 13.8 Å². The van der Waals surface area contributed by atoms with E-state index in [9.17, 15) is 4.79 Å². The molecule has 0 atom stereocenters. The minimum absolute atomic E-state index is 0.264. The van der Waals surface area contributed by atoms with Crippen LogP contribution < -0.4 is 4.74 Å². The van der Waals surface area contributed by atoms with E-state index in [0.717, 1.165) is 0 Å². The van der Waals surface area contributed by atoms with Crippen LogP contribution in [0.25, 0.3) is 0 Å². The van der Waals surface area contributed by atoms with Gasteiger partial charge in [0.05, 0.1) is 13.2 Å². The lowest BCUT2D eigenvalue weighted by Gasteiger charge is -2.11. The van der Waals surface area contributed by atoms with Gasteiger partial charge < -0.3 is 9.47 Å². The highest BCUT2D eigenvalue weighted by Crippen LogP contribution is 2.19. The highest BCUT2D eigenvalue weighted by Gasteiger charge is 2.16. The third-order valence-electron chi connectivity index (χ3n) is 2.01. The Hall–Kier alpha value is -1.59. The minimum atomic E-state index is -0.602. The van der Waals surface area contributed by atoms with Gasteiger partial charge in [0.25, 0.3) is 0 Å². The fraction of sp³-hybridized carbons (Fsp3) is 0.385. The van der Waals surface area contributed by atoms with Crippen LogP contribution >= 0.6 is 0 Å². The van der Waals surface area contributed by atoms with E-state index in [1.165, 1.54) is 7.11 Å². The standard InChI is InChI=1S/C13H17O5/c1-4-16-12-8-6-5-7-11(12)13(14)18-17-10(2)9-15-3/h5-8H,4,9H2,1-3H3. The number of hydrogen-bond donors (Lipinski definition) is 0. The monoisotopic (exact) mass is 253 g/mol. The third kappa shape index (κ3) is 4.35. The second-order valence-corrected chi connectivity index (χ2v) is 3.52. The van der Waals surface area contributed by atoms with E-state index in [1.54, 1.807) is 31.2 Å². The molecule has 0 bridgehead atoms. The lowest BCUT2D eigenvalue weighted by molar-refractivity contribution is -0.237. The number of benzene rings is 1. The maximum atomic E-state index is 11.8. The van der Waals surface area contributed by atoms with Crippen LogP contribution in [0.1, 0.15) is 24.2 Å². The molecule has 0 aromatic heterocycles. The zero-order valence-corrected chi connectivity index (χ0v) is 10.8. The number of methoxy groups -OCH3 is 1. The molecule has 0 amide bonds. The first-order valence-electron chi connectivity index (χ1n) is 5.61. The number of hydrogen-bond acceptors (Lipinski definition) is 5. The molecule has 5 nitrogen and oxygen atoms in total. The molecule has 0 aliphatic heterocycles. The van der Waals surface area contributed by atoms with Crippen molar-refractivity contribution in [3.63, 3.8) is 0 Å². The summed E-state index contributed by atoms with van der Waals surface area (Å²) in [6.07, 6.45) is 0.458. The van der Waals surface area contributed by atoms with Gasteiger partial charge in [-0.25, -0.2) is 4.79 Å². The molecule has 1 aromatic rings. The van der Waals surface area contributed by atoms with Gasteiger partial charge in [0.1, 0.15) is 11.3 Å². The molecule has 1 aromatic carbocycles. The van der Waals surface area contributed by atoms with Crippen LogP contribution in [-0.4, -0.2) is 26.3 Å². The summed E-state index contributed by atoms with van der Waals surface area (Å²) in [6, 6.07) is 6.82. The Labute approximate surface area is 107 Å². The van der Waals surface area contributed by atoms with Gasteiger partial charge >= 0.3 is 5.97 Å². The van der Waals surface area contributed by atoms with Crippen molar-refractivity contribution < 1.29 is 24.0 Å². The molecular weight excluding hydrogens is 236 g/mol. The number of para-hydroxylation sites is 1. The molecule has 1 radical (unpaired) electrons. The lowest BCUT2D eigenvalue weighted by Crippen LogP contribution is -2.13. The van der Waals surface area contributed by atoms with Gasteiger partial charge in [-0.1, -0.05) is 12.1 Å². The summed E-state index contributed by atoms with van der Waals surface area (Å²) in [6.45, 7) is 4.24. The van der Waals surface area contributed by atoms with Crippen LogP contribution in [0.5, 0.6) is 5.75 Å². The average Bonchev–Trinajstić information content (AvgIpc) is 2.37. The third-order valence-corrected chi connectivity index (χ3v) is 2.01. The van der Waals surface area contributed by atoms with E-state index >= 15 is 0 Å². The fourth-order valence-electron chi connectivity index (χ4n) is 1.30. The van der Waals surface area contributed by atoms with Gasteiger partial charge in [-0.2, -0.15) is 4.89 Å². The molecule has 5 heteroatoms. The fourth-order valence-corrected chi connectivity index (χ4v) is 1.30. The summed E-state index contributed by atoms with van der Waals surface area (Å²) in [5.41, 5.74) is 0.324. The largest absolute Gasteiger partial charge is 0.493 e. The number of carbonyl (C=O) groups is 1. The summed E-state index contributed by atoms with van der Waals surface area (Å²) in [4.78, 5) is 21.3. The second kappa shape index (κ2) is 7.68. The Kier molecular flexibility index (Phi) is 6.18. The van der Waals surface area contributed by atoms with Crippen molar-refractivity contribution in [3.05, 3.63) is 35.9 Å². The van der Waals surface area contributed by atoms with Gasteiger partial charge in [-0.15, -0.1) is 0 Å². The van der Waals surface area contributed by atoms with Crippen LogP contribution in [0.3, 0.4) is 0 Å². The zero-order valence-electron chi connectivity index (χ0n) is 10.8. The quantitative estimate of drug-likeness (QED) is 0.551. The van der Waals surface area contributed by atoms with E-state index in [1.807, 2.05) is 6.92 Å². The number of carbonyl (C=O) groups excluding carboxylic acids is 1. The summed E-state index contributed by atoms with van der Waals surface area (Å²) in [5, 5.41) is 0. The van der Waals surface area contributed by atoms with Crippen LogP contribution in [0.4, 0.5) is 0 Å². The molecule has 0 spiro atoms. The van der Waals surface area contributed by atoms with Crippen LogP contribution in [0.15, 0.2) is 24.3 Å². The smallest absolute Gasteiger partial charge is 0.376 e. The summed E-state index contributed by atoms with van der Waals surface area (Å²) < 4.78 is 10.2. The number of rotatable bonds is 7. The molecular formula is C13H17O5. The topological polar surface area (TPSA) is 54.0 Å². The van der Waals surface area contributed by atoms with Gasteiger partial charge in [0, 0.05) is 7.11 Å². The highest BCUT2D eigenvalue weighted by atomic mass is 17.2. The average molecular weight is 253 g/mol. The predicted molar refractivity (Wildman–Crippen MR) is 64.9 cm³/mol. The maximum Gasteiger partial charge on any atom is 0.376 e. The van der Waals surface area contributed by atoms with Gasteiger partial charge in [0.15, 0.2) is 6.10 Å². The summed E-state index contributed by atoms with van der Waals surface area (Å²) in [7, 11) is 1.53. The van der Waals surface area contributed by atoms with Crippen molar-refractivity contribution in [1.29, 1.82) is 0 Å². The molecule has 0 heterocycles. The Morgan fingerprint density at radius 2 is 1.94 bits per heavy atom. The van der Waals surface area contributed by atoms with Crippen molar-refractivity contribution in [1.82, 2.24) is 0 Å². The summed E-state index contributed by atoms with van der Waals surface area (Å²) >= 11 is 0. The molecule has 0 aliphatic carbocycles. The van der Waals surface area contributed by atoms with Crippen LogP contribution in [-0.2, 0) is 14.5 Å². The zero-order chi connectivity index (χ0) is 13.4. The van der Waals surface area contributed by atoms with Gasteiger partial charge in [0.2, 0.25) is 0 Å². The van der Waals surface area contributed by atoms with Gasteiger partial charge in [-0.3, -0.25) is 4.89 Å². The maximum absolute atomic E-state index is 11.8. The van der Waals surface area contributed by atoms with E-state index in [-0.39, 0.29) is 6.61 Å². The first-order valence-corrected chi connectivity index (χ1v) is 5.61. The molecule has 18 heavy (non-hydrogen) atoms. The van der Waals surface area contributed by atoms with E-state index in [4.69, 9.17) is 19.2 Å². The van der Waals surface area contributed by atoms with Crippen LogP contribution in [0, 0.1) is 6.10 Å². The SMILES string of the molecule is CCOc1ccccc1C(=O)OO[C](C)COC. The normalized spacial score (nSPS) is 10.4. The van der Waals surface area contributed by atoms with Crippen molar-refractivity contribution >= 4 is 5.97 Å². The highest BCUT2D eigenvalue weighted by molar-refractivity contribution is 5.92. The molecule has 0 aliphatic rings. The van der Waals surface area contributed by atoms with E-state index < -0.39 is 5.97 Å². The first kappa shape index (κ1) is 14.5. The summed E-state index contributed by atoms with van der Waals surface area (Å²) in [5.74, 6) is -0.132. The molecule has 0 saturated carbocycles. The molecule has 0 N–H and O–H groups in total. The molecule has 0 unspecified atom stereocenters. The van der Waals surface area contributed by atoms with Gasteiger partial charge in [-0.05, 0) is 26.0 Å². The van der Waals surface area contributed by atoms with Crippen molar-refractivity contribution in [2.75, 3.05) is 20.3 Å². The molecule has 1 rings (SSSR count). The van der Waals surface area contributed by atoms with Crippen molar-refractivity contribution in [2.24, 2.45) is 0 Å². The Bertz CT molecular complexity index is 377. The van der Waals surface area contributed by atoms with Crippen molar-refractivity contribution in [3.8, 4) is 5.75 Å². The molecule has 0 saturated heterocycles. The second-order valence-electron chi connectivity index (χ2n) is 3.52. The molecule has 0 fully saturated rings. The molecule has 99 valence electrons. The predicted octanol–water partition coefficient (Wildman–Crippen LogP) is 2.37. The van der Waals surface area contributed by atoms with Crippen LogP contribution in [0.2, 0.25) is 0 Å².